The normalized spacial score (nSPS) is 11.5. The Morgan fingerprint density at radius 2 is 1.77 bits per heavy atom. The number of nitrogens with one attached hydrogen (secondary N) is 1. The van der Waals surface area contributed by atoms with Crippen LogP contribution >= 0.6 is 0 Å². The first kappa shape index (κ1) is 15.6. The molecule has 5 heteroatoms. The number of hydrogen-bond acceptors (Lipinski definition) is 3. The Morgan fingerprint density at radius 1 is 1.09 bits per heavy atom. The van der Waals surface area contributed by atoms with E-state index in [1.807, 2.05) is 30.3 Å². The van der Waals surface area contributed by atoms with E-state index in [4.69, 9.17) is 5.73 Å². The van der Waals surface area contributed by atoms with Gasteiger partial charge in [-0.15, -0.1) is 0 Å². The minimum absolute atomic E-state index is 0.0734. The number of rotatable bonds is 5. The number of hydrogen-bond donors (Lipinski definition) is 2. The van der Waals surface area contributed by atoms with Crippen LogP contribution in [-0.2, 0) is 4.79 Å². The van der Waals surface area contributed by atoms with Gasteiger partial charge in [0.25, 0.3) is 0 Å². The van der Waals surface area contributed by atoms with Gasteiger partial charge in [-0.05, 0) is 37.3 Å². The minimum atomic E-state index is -0.496. The maximum atomic E-state index is 12.4. The summed E-state index contributed by atoms with van der Waals surface area (Å²) < 4.78 is 0. The van der Waals surface area contributed by atoms with E-state index >= 15 is 0 Å². The van der Waals surface area contributed by atoms with Gasteiger partial charge in [0, 0.05) is 24.0 Å². The van der Waals surface area contributed by atoms with E-state index < -0.39 is 11.9 Å². The molecular formula is C17H19N3O2. The summed E-state index contributed by atoms with van der Waals surface area (Å²) in [4.78, 5) is 25.2. The number of anilines is 2. The van der Waals surface area contributed by atoms with Crippen LogP contribution in [0, 0.1) is 0 Å². The first-order chi connectivity index (χ1) is 10.5. The van der Waals surface area contributed by atoms with Gasteiger partial charge >= 0.3 is 0 Å². The van der Waals surface area contributed by atoms with E-state index in [1.165, 1.54) is 0 Å². The third kappa shape index (κ3) is 3.63. The fourth-order valence-electron chi connectivity index (χ4n) is 2.14. The van der Waals surface area contributed by atoms with Crippen molar-refractivity contribution in [3.63, 3.8) is 0 Å². The van der Waals surface area contributed by atoms with Gasteiger partial charge in [-0.2, -0.15) is 0 Å². The summed E-state index contributed by atoms with van der Waals surface area (Å²) in [5.74, 6) is -0.570. The van der Waals surface area contributed by atoms with Crippen LogP contribution < -0.4 is 16.0 Å². The molecule has 0 saturated carbocycles. The first-order valence-electron chi connectivity index (χ1n) is 6.98. The lowest BCUT2D eigenvalue weighted by Gasteiger charge is -2.23. The molecule has 0 spiro atoms. The van der Waals surface area contributed by atoms with Crippen molar-refractivity contribution in [3.8, 4) is 0 Å². The highest BCUT2D eigenvalue weighted by Crippen LogP contribution is 2.15. The van der Waals surface area contributed by atoms with Crippen molar-refractivity contribution in [3.05, 3.63) is 60.2 Å². The third-order valence-electron chi connectivity index (χ3n) is 3.37. The zero-order valence-corrected chi connectivity index (χ0v) is 12.6. The maximum Gasteiger partial charge on any atom is 0.248 e. The highest BCUT2D eigenvalue weighted by atomic mass is 16.2. The largest absolute Gasteiger partial charge is 0.374 e. The number of para-hydroxylation sites is 1. The molecule has 0 heterocycles. The molecule has 3 N–H and O–H groups in total. The van der Waals surface area contributed by atoms with E-state index in [2.05, 4.69) is 5.32 Å². The molecule has 0 aliphatic carbocycles. The highest BCUT2D eigenvalue weighted by molar-refractivity contribution is 5.98. The highest BCUT2D eigenvalue weighted by Gasteiger charge is 2.18. The standard InChI is InChI=1S/C17H19N3O2/c1-12(17(22)20(2)15-9-4-3-5-10-15)19-14-8-6-7-13(11-14)16(18)21/h3-12,19H,1-2H3,(H2,18,21). The average molecular weight is 297 g/mol. The lowest BCUT2D eigenvalue weighted by Crippen LogP contribution is -2.39. The molecule has 22 heavy (non-hydrogen) atoms. The van der Waals surface area contributed by atoms with Crippen LogP contribution in [0.5, 0.6) is 0 Å². The summed E-state index contributed by atoms with van der Waals surface area (Å²) in [7, 11) is 1.73. The van der Waals surface area contributed by atoms with Gasteiger partial charge in [-0.3, -0.25) is 9.59 Å². The molecule has 0 aliphatic rings. The number of likely N-dealkylation sites (N-methyl/N-ethyl adjacent to an activating group) is 1. The second-order valence-corrected chi connectivity index (χ2v) is 5.04. The molecule has 0 saturated heterocycles. The maximum absolute atomic E-state index is 12.4. The number of amides is 2. The first-order valence-corrected chi connectivity index (χ1v) is 6.98. The number of benzene rings is 2. The second kappa shape index (κ2) is 6.76. The van der Waals surface area contributed by atoms with Crippen LogP contribution in [0.3, 0.4) is 0 Å². The predicted octanol–water partition coefficient (Wildman–Crippen LogP) is 2.25. The summed E-state index contributed by atoms with van der Waals surface area (Å²) in [6, 6.07) is 15.8. The Labute approximate surface area is 129 Å². The van der Waals surface area contributed by atoms with Crippen LogP contribution in [0.2, 0.25) is 0 Å². The molecule has 2 aromatic carbocycles. The van der Waals surface area contributed by atoms with Crippen molar-refractivity contribution in [2.45, 2.75) is 13.0 Å². The number of nitrogens with two attached hydrogens (primary N) is 1. The molecule has 114 valence electrons. The van der Waals surface area contributed by atoms with Crippen LogP contribution in [0.25, 0.3) is 0 Å². The quantitative estimate of drug-likeness (QED) is 0.888. The van der Waals surface area contributed by atoms with Crippen molar-refractivity contribution in [2.24, 2.45) is 5.73 Å². The molecular weight excluding hydrogens is 278 g/mol. The lowest BCUT2D eigenvalue weighted by atomic mass is 10.1. The van der Waals surface area contributed by atoms with Crippen molar-refractivity contribution in [1.29, 1.82) is 0 Å². The Bertz CT molecular complexity index is 671. The Hall–Kier alpha value is -2.82. The zero-order chi connectivity index (χ0) is 16.1. The van der Waals surface area contributed by atoms with Gasteiger partial charge in [-0.25, -0.2) is 0 Å². The molecule has 1 unspecified atom stereocenters. The van der Waals surface area contributed by atoms with Crippen LogP contribution in [0.4, 0.5) is 11.4 Å². The molecule has 2 aromatic rings. The van der Waals surface area contributed by atoms with E-state index in [-0.39, 0.29) is 5.91 Å². The Balaban J connectivity index is 2.08. The van der Waals surface area contributed by atoms with E-state index in [9.17, 15) is 9.59 Å². The zero-order valence-electron chi connectivity index (χ0n) is 12.6. The molecule has 5 nitrogen and oxygen atoms in total. The Kier molecular flexibility index (Phi) is 4.78. The molecule has 0 fully saturated rings. The summed E-state index contributed by atoms with van der Waals surface area (Å²) in [6.45, 7) is 1.78. The van der Waals surface area contributed by atoms with Gasteiger partial charge in [0.05, 0.1) is 0 Å². The average Bonchev–Trinajstić information content (AvgIpc) is 2.54. The fraction of sp³-hybridized carbons (Fsp3) is 0.176. The van der Waals surface area contributed by atoms with E-state index in [0.29, 0.717) is 11.3 Å². The minimum Gasteiger partial charge on any atom is -0.374 e. The van der Waals surface area contributed by atoms with Gasteiger partial charge < -0.3 is 16.0 Å². The van der Waals surface area contributed by atoms with E-state index in [1.54, 1.807) is 43.1 Å². The fourth-order valence-corrected chi connectivity index (χ4v) is 2.14. The van der Waals surface area contributed by atoms with Crippen LogP contribution in [-0.4, -0.2) is 24.9 Å². The van der Waals surface area contributed by atoms with Crippen molar-refractivity contribution < 1.29 is 9.59 Å². The number of nitrogens with zero attached hydrogens (tertiary/aromatic N) is 1. The molecule has 2 amide bonds. The smallest absolute Gasteiger partial charge is 0.248 e. The molecule has 0 aromatic heterocycles. The van der Waals surface area contributed by atoms with Gasteiger partial charge in [0.15, 0.2) is 0 Å². The number of carbonyl (C=O) groups is 2. The number of carbonyl (C=O) groups excluding carboxylic acids is 2. The summed E-state index contributed by atoms with van der Waals surface area (Å²) in [5.41, 5.74) is 7.16. The molecule has 0 aliphatic heterocycles. The van der Waals surface area contributed by atoms with E-state index in [0.717, 1.165) is 5.69 Å². The summed E-state index contributed by atoms with van der Waals surface area (Å²) in [6.07, 6.45) is 0. The third-order valence-corrected chi connectivity index (χ3v) is 3.37. The van der Waals surface area contributed by atoms with Gasteiger partial charge in [-0.1, -0.05) is 24.3 Å². The molecule has 0 bridgehead atoms. The van der Waals surface area contributed by atoms with Gasteiger partial charge in [0.2, 0.25) is 11.8 Å². The lowest BCUT2D eigenvalue weighted by molar-refractivity contribution is -0.118. The summed E-state index contributed by atoms with van der Waals surface area (Å²) >= 11 is 0. The van der Waals surface area contributed by atoms with Crippen molar-refractivity contribution in [1.82, 2.24) is 0 Å². The SMILES string of the molecule is CC(Nc1cccc(C(N)=O)c1)C(=O)N(C)c1ccccc1. The van der Waals surface area contributed by atoms with Crippen molar-refractivity contribution >= 4 is 23.2 Å². The van der Waals surface area contributed by atoms with Crippen LogP contribution in [0.1, 0.15) is 17.3 Å². The second-order valence-electron chi connectivity index (χ2n) is 5.04. The number of primary amides is 1. The van der Waals surface area contributed by atoms with Crippen LogP contribution in [0.15, 0.2) is 54.6 Å². The summed E-state index contributed by atoms with van der Waals surface area (Å²) in [5, 5.41) is 3.09. The molecule has 0 radical (unpaired) electrons. The van der Waals surface area contributed by atoms with Crippen molar-refractivity contribution in [2.75, 3.05) is 17.3 Å². The topological polar surface area (TPSA) is 75.4 Å². The van der Waals surface area contributed by atoms with Gasteiger partial charge in [0.1, 0.15) is 6.04 Å². The monoisotopic (exact) mass is 297 g/mol. The molecule has 2 rings (SSSR count). The molecule has 1 atom stereocenters. The predicted molar refractivity (Wildman–Crippen MR) is 87.9 cm³/mol. The Morgan fingerprint density at radius 3 is 2.41 bits per heavy atom.